The summed E-state index contributed by atoms with van der Waals surface area (Å²) in [5.41, 5.74) is 1.05. The van der Waals surface area contributed by atoms with Gasteiger partial charge in [-0.05, 0) is 68.6 Å². The van der Waals surface area contributed by atoms with Crippen molar-refractivity contribution in [2.45, 2.75) is 37.8 Å². The number of halogens is 1. The van der Waals surface area contributed by atoms with Crippen molar-refractivity contribution in [2.75, 3.05) is 19.7 Å². The van der Waals surface area contributed by atoms with Crippen LogP contribution in [0.15, 0.2) is 54.7 Å². The average molecular weight is 545 g/mol. The number of hydrogen-bond acceptors (Lipinski definition) is 6. The van der Waals surface area contributed by atoms with Crippen LogP contribution in [0.1, 0.15) is 30.6 Å². The molecule has 1 fully saturated rings. The molecular weight excluding hydrogens is 516 g/mol. The summed E-state index contributed by atoms with van der Waals surface area (Å²) in [6.45, 7) is 4.18. The number of benzene rings is 2. The van der Waals surface area contributed by atoms with E-state index in [9.17, 15) is 5.11 Å². The molecule has 10 heteroatoms. The maximum atomic E-state index is 10.6. The van der Waals surface area contributed by atoms with Gasteiger partial charge in [0.25, 0.3) is 0 Å². The summed E-state index contributed by atoms with van der Waals surface area (Å²) in [7, 11) is 0. The number of H-pyrrole nitrogens is 1. The summed E-state index contributed by atoms with van der Waals surface area (Å²) in [5.74, 6) is -2.28. The fraction of sp³-hybridized carbons (Fsp3) is 0.333. The zero-order valence-electron chi connectivity index (χ0n) is 20.3. The lowest BCUT2D eigenvalue weighted by atomic mass is 9.90. The van der Waals surface area contributed by atoms with E-state index in [1.165, 1.54) is 15.0 Å². The fourth-order valence-corrected chi connectivity index (χ4v) is 6.21. The largest absolute Gasteiger partial charge is 0.490 e. The molecule has 4 N–H and O–H groups in total. The molecule has 1 aliphatic heterocycles. The molecule has 2 aromatic heterocycles. The van der Waals surface area contributed by atoms with Crippen LogP contribution in [0.4, 0.5) is 0 Å². The van der Waals surface area contributed by atoms with Crippen molar-refractivity contribution < 1.29 is 29.6 Å². The third-order valence-corrected chi connectivity index (χ3v) is 8.15. The van der Waals surface area contributed by atoms with Gasteiger partial charge in [0.2, 0.25) is 0 Å². The van der Waals surface area contributed by atoms with E-state index in [1.54, 1.807) is 0 Å². The monoisotopic (exact) mass is 544 g/mol. The second-order valence-electron chi connectivity index (χ2n) is 9.14. The highest BCUT2D eigenvalue weighted by molar-refractivity contribution is 7.19. The summed E-state index contributed by atoms with van der Waals surface area (Å²) < 4.78 is 7.21. The molecule has 1 saturated heterocycles. The normalized spacial score (nSPS) is 18.8. The van der Waals surface area contributed by atoms with Gasteiger partial charge >= 0.3 is 11.9 Å². The number of aromatic amines is 1. The number of likely N-dealkylation sites (tertiary alicyclic amines) is 1. The summed E-state index contributed by atoms with van der Waals surface area (Å²) in [6, 6.07) is 16.8. The fourth-order valence-electron chi connectivity index (χ4n) is 4.69. The molecule has 3 heterocycles. The highest BCUT2D eigenvalue weighted by Crippen LogP contribution is 2.40. The predicted octanol–water partition coefficient (Wildman–Crippen LogP) is 5.20. The summed E-state index contributed by atoms with van der Waals surface area (Å²) in [6.07, 6.45) is 3.59. The van der Waals surface area contributed by atoms with Crippen LogP contribution in [-0.2, 0) is 9.59 Å². The van der Waals surface area contributed by atoms with Gasteiger partial charge in [-0.2, -0.15) is 0 Å². The molecular formula is C27H29ClN2O6S. The smallest absolute Gasteiger partial charge is 0.414 e. The van der Waals surface area contributed by atoms with Gasteiger partial charge in [0.05, 0.1) is 0 Å². The number of aromatic nitrogens is 1. The number of β-amino-alcohol motifs (C(OH)–C–C–N with tert-alkyl or cyclic N) is 1. The predicted molar refractivity (Wildman–Crippen MR) is 145 cm³/mol. The topological polar surface area (TPSA) is 123 Å². The van der Waals surface area contributed by atoms with E-state index in [0.29, 0.717) is 25.1 Å². The van der Waals surface area contributed by atoms with Crippen molar-refractivity contribution in [3.63, 3.8) is 0 Å². The Kier molecular flexibility index (Phi) is 8.71. The zero-order valence-corrected chi connectivity index (χ0v) is 21.8. The lowest BCUT2D eigenvalue weighted by Gasteiger charge is -2.38. The van der Waals surface area contributed by atoms with Crippen molar-refractivity contribution >= 4 is 55.9 Å². The molecule has 0 amide bonds. The lowest BCUT2D eigenvalue weighted by molar-refractivity contribution is -0.159. The second kappa shape index (κ2) is 12.0. The first-order valence-electron chi connectivity index (χ1n) is 12.0. The molecule has 0 bridgehead atoms. The molecule has 3 atom stereocenters. The first-order valence-corrected chi connectivity index (χ1v) is 13.2. The van der Waals surface area contributed by atoms with Crippen LogP contribution in [0.25, 0.3) is 21.0 Å². The number of carbonyl (C=O) groups is 2. The SMILES string of the molecule is C[C@H]1C[C@H](c2cc3c(Cl)cccc3s2)CCN1C[C@H](O)COc1cccc2[nH]ccc12.O=C(O)C(=O)O. The van der Waals surface area contributed by atoms with E-state index in [2.05, 4.69) is 28.9 Å². The average Bonchev–Trinajstić information content (AvgIpc) is 3.52. The Hall–Kier alpha value is -3.11. The second-order valence-corrected chi connectivity index (χ2v) is 10.7. The molecule has 0 unspecified atom stereocenters. The van der Waals surface area contributed by atoms with E-state index in [-0.39, 0.29) is 0 Å². The van der Waals surface area contributed by atoms with Crippen LogP contribution in [-0.4, -0.2) is 69.0 Å². The summed E-state index contributed by atoms with van der Waals surface area (Å²) in [4.78, 5) is 25.2. The molecule has 5 rings (SSSR count). The van der Waals surface area contributed by atoms with Crippen LogP contribution in [0.2, 0.25) is 5.02 Å². The first kappa shape index (κ1) is 26.9. The van der Waals surface area contributed by atoms with Crippen molar-refractivity contribution in [1.29, 1.82) is 0 Å². The molecule has 4 aromatic rings. The third kappa shape index (κ3) is 6.61. The van der Waals surface area contributed by atoms with Gasteiger partial charge in [0.15, 0.2) is 0 Å². The van der Waals surface area contributed by atoms with E-state index < -0.39 is 18.0 Å². The number of hydrogen-bond donors (Lipinski definition) is 4. The molecule has 0 saturated carbocycles. The van der Waals surface area contributed by atoms with E-state index in [0.717, 1.165) is 41.1 Å². The number of piperidine rings is 1. The number of fused-ring (bicyclic) bond motifs is 2. The number of ether oxygens (including phenoxy) is 1. The Morgan fingerprint density at radius 2 is 1.92 bits per heavy atom. The van der Waals surface area contributed by atoms with E-state index in [1.807, 2.05) is 53.9 Å². The zero-order chi connectivity index (χ0) is 26.5. The number of aliphatic carboxylic acids is 2. The van der Waals surface area contributed by atoms with Crippen LogP contribution < -0.4 is 4.74 Å². The highest BCUT2D eigenvalue weighted by Gasteiger charge is 2.29. The van der Waals surface area contributed by atoms with Gasteiger partial charge in [0, 0.05) is 49.7 Å². The summed E-state index contributed by atoms with van der Waals surface area (Å²) >= 11 is 8.24. The van der Waals surface area contributed by atoms with Gasteiger partial charge in [-0.15, -0.1) is 11.3 Å². The molecule has 0 radical (unpaired) electrons. The molecule has 0 aliphatic carbocycles. The highest BCUT2D eigenvalue weighted by atomic mass is 35.5. The molecule has 196 valence electrons. The molecule has 0 spiro atoms. The van der Waals surface area contributed by atoms with Crippen LogP contribution in [0.5, 0.6) is 5.75 Å². The van der Waals surface area contributed by atoms with Crippen molar-refractivity contribution in [2.24, 2.45) is 0 Å². The van der Waals surface area contributed by atoms with Crippen LogP contribution >= 0.6 is 22.9 Å². The van der Waals surface area contributed by atoms with E-state index in [4.69, 9.17) is 36.1 Å². The Balaban J connectivity index is 0.000000480. The minimum Gasteiger partial charge on any atom is -0.490 e. The number of nitrogens with zero attached hydrogens (tertiary/aromatic N) is 1. The minimum absolute atomic E-state index is 0.297. The standard InChI is InChI=1S/C25H27ClN2O2S.C2H2O4/c1-16-12-17(25-13-20-21(26)4-2-7-24(20)31-25)9-11-28(16)14-18(29)15-30-23-6-3-5-22-19(23)8-10-27-22;3-1(4)2(5)6/h2-8,10,13,16-18,27,29H,9,11-12,14-15H2,1H3;(H,3,4)(H,5,6)/t16-,17+,18-;/m0./s1. The third-order valence-electron chi connectivity index (χ3n) is 6.56. The Morgan fingerprint density at radius 3 is 2.62 bits per heavy atom. The minimum atomic E-state index is -1.82. The molecule has 1 aliphatic rings. The molecule has 8 nitrogen and oxygen atoms in total. The van der Waals surface area contributed by atoms with Crippen LogP contribution in [0, 0.1) is 0 Å². The maximum Gasteiger partial charge on any atom is 0.414 e. The number of rotatable bonds is 6. The number of aliphatic hydroxyl groups is 1. The maximum absolute atomic E-state index is 10.6. The van der Waals surface area contributed by atoms with E-state index >= 15 is 0 Å². The van der Waals surface area contributed by atoms with Crippen molar-refractivity contribution in [1.82, 2.24) is 9.88 Å². The molecule has 37 heavy (non-hydrogen) atoms. The van der Waals surface area contributed by atoms with Gasteiger partial charge in [-0.25, -0.2) is 9.59 Å². The summed E-state index contributed by atoms with van der Waals surface area (Å²) in [5, 5.41) is 28.5. The number of thiophene rings is 1. The number of aliphatic hydroxyl groups excluding tert-OH is 1. The number of carboxylic acid groups (broad SMARTS) is 2. The molecule has 2 aromatic carbocycles. The van der Waals surface area contributed by atoms with Crippen molar-refractivity contribution in [3.05, 3.63) is 64.6 Å². The Bertz CT molecular complexity index is 1370. The Morgan fingerprint density at radius 1 is 1.16 bits per heavy atom. The Labute approximate surface area is 223 Å². The van der Waals surface area contributed by atoms with Gasteiger partial charge in [-0.3, -0.25) is 4.90 Å². The first-order chi connectivity index (χ1) is 17.7. The van der Waals surface area contributed by atoms with Gasteiger partial charge < -0.3 is 25.0 Å². The van der Waals surface area contributed by atoms with Gasteiger partial charge in [-0.1, -0.05) is 23.7 Å². The van der Waals surface area contributed by atoms with Crippen molar-refractivity contribution in [3.8, 4) is 5.75 Å². The number of nitrogens with one attached hydrogen (secondary N) is 1. The quantitative estimate of drug-likeness (QED) is 0.246. The van der Waals surface area contributed by atoms with Gasteiger partial charge in [0.1, 0.15) is 18.5 Å². The van der Waals surface area contributed by atoms with Crippen LogP contribution in [0.3, 0.4) is 0 Å². The number of carboxylic acids is 2. The lowest BCUT2D eigenvalue weighted by Crippen LogP contribution is -2.45.